The van der Waals surface area contributed by atoms with Gasteiger partial charge in [-0.2, -0.15) is 0 Å². The molecule has 0 radical (unpaired) electrons. The summed E-state index contributed by atoms with van der Waals surface area (Å²) in [7, 11) is 0. The maximum atomic E-state index is 3.55. The molecule has 2 heteroatoms. The quantitative estimate of drug-likeness (QED) is 0.674. The minimum atomic E-state index is 0. The van der Waals surface area contributed by atoms with E-state index >= 15 is 0 Å². The van der Waals surface area contributed by atoms with Crippen LogP contribution in [0.15, 0.2) is 11.8 Å². The van der Waals surface area contributed by atoms with Gasteiger partial charge in [-0.1, -0.05) is 53.5 Å². The Hall–Kier alpha value is -0.170. The molecule has 0 saturated carbocycles. The Kier molecular flexibility index (Phi) is 12.4. The van der Waals surface area contributed by atoms with Crippen LogP contribution in [0.25, 0.3) is 0 Å². The topological polar surface area (TPSA) is 12.0 Å². The smallest absolute Gasteiger partial charge is 0.0169 e. The van der Waals surface area contributed by atoms with E-state index in [9.17, 15) is 0 Å². The average Bonchev–Trinajstić information content (AvgIpc) is 2.22. The summed E-state index contributed by atoms with van der Waals surface area (Å²) in [5, 5.41) is 3.55. The molecular formula is C15H32ClN. The third-order valence-corrected chi connectivity index (χ3v) is 3.33. The average molecular weight is 262 g/mol. The Bertz CT molecular complexity index is 191. The maximum Gasteiger partial charge on any atom is 0.0169 e. The Morgan fingerprint density at radius 3 is 2.65 bits per heavy atom. The van der Waals surface area contributed by atoms with Gasteiger partial charge < -0.3 is 5.32 Å². The van der Waals surface area contributed by atoms with Crippen LogP contribution in [-0.2, 0) is 0 Å². The van der Waals surface area contributed by atoms with Crippen LogP contribution in [0, 0.1) is 11.8 Å². The summed E-state index contributed by atoms with van der Waals surface area (Å²) in [5.41, 5.74) is 1.50. The molecule has 0 aliphatic carbocycles. The van der Waals surface area contributed by atoms with Gasteiger partial charge in [0.15, 0.2) is 0 Å². The molecule has 0 aromatic carbocycles. The van der Waals surface area contributed by atoms with E-state index in [1.807, 2.05) is 0 Å². The van der Waals surface area contributed by atoms with Crippen molar-refractivity contribution >= 4 is 12.4 Å². The molecule has 17 heavy (non-hydrogen) atoms. The van der Waals surface area contributed by atoms with Crippen molar-refractivity contribution in [1.29, 1.82) is 0 Å². The van der Waals surface area contributed by atoms with Crippen molar-refractivity contribution in [3.63, 3.8) is 0 Å². The summed E-state index contributed by atoms with van der Waals surface area (Å²) in [5.74, 6) is 1.62. The van der Waals surface area contributed by atoms with Gasteiger partial charge in [-0.05, 0) is 31.1 Å². The van der Waals surface area contributed by atoms with Crippen molar-refractivity contribution in [1.82, 2.24) is 5.32 Å². The molecule has 0 bridgehead atoms. The minimum Gasteiger partial charge on any atom is -0.388 e. The number of hydrogen-bond donors (Lipinski definition) is 1. The summed E-state index contributed by atoms with van der Waals surface area (Å²) in [6, 6.07) is 0. The van der Waals surface area contributed by atoms with Crippen LogP contribution < -0.4 is 5.32 Å². The van der Waals surface area contributed by atoms with Gasteiger partial charge in [0.05, 0.1) is 0 Å². The Morgan fingerprint density at radius 1 is 1.41 bits per heavy atom. The molecule has 1 aliphatic heterocycles. The standard InChI is InChI=1S/C14H27N.CH4.ClH/c1-4-5-6-7-12(2)10-14-9-8-13(3)11-15-14;;/h10,12-13,15H,4-9,11H2,1-3H3;1H4;1H/t12?,13-;;/m1../s1. The molecular weight excluding hydrogens is 230 g/mol. The normalized spacial score (nSPS) is 23.2. The monoisotopic (exact) mass is 261 g/mol. The van der Waals surface area contributed by atoms with Crippen LogP contribution in [0.5, 0.6) is 0 Å². The number of rotatable bonds is 5. The van der Waals surface area contributed by atoms with Crippen molar-refractivity contribution in [2.75, 3.05) is 6.54 Å². The fraction of sp³-hybridized carbons (Fsp3) is 0.867. The molecule has 2 atom stereocenters. The molecule has 1 N–H and O–H groups in total. The van der Waals surface area contributed by atoms with E-state index in [1.165, 1.54) is 50.8 Å². The number of unbranched alkanes of at least 4 members (excludes halogenated alkanes) is 2. The molecule has 1 saturated heterocycles. The van der Waals surface area contributed by atoms with Crippen molar-refractivity contribution < 1.29 is 0 Å². The third-order valence-electron chi connectivity index (χ3n) is 3.33. The summed E-state index contributed by atoms with van der Waals surface area (Å²) in [6.07, 6.45) is 10.5. The zero-order chi connectivity index (χ0) is 11.1. The fourth-order valence-electron chi connectivity index (χ4n) is 2.18. The van der Waals surface area contributed by atoms with Gasteiger partial charge in [0.2, 0.25) is 0 Å². The zero-order valence-corrected chi connectivity index (χ0v) is 11.9. The summed E-state index contributed by atoms with van der Waals surface area (Å²) >= 11 is 0. The molecule has 1 nitrogen and oxygen atoms in total. The van der Waals surface area contributed by atoms with Crippen molar-refractivity contribution in [3.8, 4) is 0 Å². The second-order valence-electron chi connectivity index (χ2n) is 5.19. The lowest BCUT2D eigenvalue weighted by molar-refractivity contribution is 0.442. The largest absolute Gasteiger partial charge is 0.388 e. The van der Waals surface area contributed by atoms with Gasteiger partial charge in [0.25, 0.3) is 0 Å². The van der Waals surface area contributed by atoms with E-state index in [-0.39, 0.29) is 19.8 Å². The lowest BCUT2D eigenvalue weighted by Gasteiger charge is -2.23. The first-order valence-electron chi connectivity index (χ1n) is 6.67. The van der Waals surface area contributed by atoms with Crippen LogP contribution >= 0.6 is 12.4 Å². The Labute approximate surface area is 115 Å². The predicted octanol–water partition coefficient (Wildman–Crippen LogP) is 5.16. The summed E-state index contributed by atoms with van der Waals surface area (Å²) in [6.45, 7) is 8.12. The van der Waals surface area contributed by atoms with Gasteiger partial charge in [-0.15, -0.1) is 12.4 Å². The first kappa shape index (κ1) is 19.2. The minimum absolute atomic E-state index is 0. The van der Waals surface area contributed by atoms with E-state index in [4.69, 9.17) is 0 Å². The van der Waals surface area contributed by atoms with Crippen LogP contribution in [0.4, 0.5) is 0 Å². The molecule has 104 valence electrons. The first-order valence-corrected chi connectivity index (χ1v) is 6.67. The van der Waals surface area contributed by atoms with E-state index in [0.717, 1.165) is 11.8 Å². The highest BCUT2D eigenvalue weighted by Crippen LogP contribution is 2.19. The molecule has 0 amide bonds. The number of hydrogen-bond acceptors (Lipinski definition) is 1. The van der Waals surface area contributed by atoms with E-state index < -0.39 is 0 Å². The van der Waals surface area contributed by atoms with Gasteiger partial charge in [0.1, 0.15) is 0 Å². The number of halogens is 1. The Balaban J connectivity index is 0. The predicted molar refractivity (Wildman–Crippen MR) is 81.8 cm³/mol. The summed E-state index contributed by atoms with van der Waals surface area (Å²) in [4.78, 5) is 0. The molecule has 1 heterocycles. The lowest BCUT2D eigenvalue weighted by atomic mass is 9.96. The van der Waals surface area contributed by atoms with E-state index in [1.54, 1.807) is 0 Å². The second-order valence-corrected chi connectivity index (χ2v) is 5.19. The van der Waals surface area contributed by atoms with Crippen molar-refractivity contribution in [2.45, 2.75) is 66.7 Å². The van der Waals surface area contributed by atoms with Gasteiger partial charge in [0, 0.05) is 12.2 Å². The van der Waals surface area contributed by atoms with Gasteiger partial charge in [-0.25, -0.2) is 0 Å². The van der Waals surface area contributed by atoms with E-state index in [0.29, 0.717) is 0 Å². The maximum absolute atomic E-state index is 3.55. The molecule has 0 aromatic heterocycles. The van der Waals surface area contributed by atoms with Crippen LogP contribution in [0.3, 0.4) is 0 Å². The van der Waals surface area contributed by atoms with Crippen molar-refractivity contribution in [2.24, 2.45) is 11.8 Å². The highest BCUT2D eigenvalue weighted by Gasteiger charge is 2.11. The highest BCUT2D eigenvalue weighted by atomic mass is 35.5. The Morgan fingerprint density at radius 2 is 2.12 bits per heavy atom. The number of piperidine rings is 1. The number of allylic oxidation sites excluding steroid dienone is 2. The number of nitrogens with one attached hydrogen (secondary N) is 1. The van der Waals surface area contributed by atoms with Crippen LogP contribution in [-0.4, -0.2) is 6.54 Å². The molecule has 1 rings (SSSR count). The van der Waals surface area contributed by atoms with Gasteiger partial charge in [-0.3, -0.25) is 0 Å². The zero-order valence-electron chi connectivity index (χ0n) is 11.1. The first-order chi connectivity index (χ1) is 7.22. The third kappa shape index (κ3) is 8.54. The van der Waals surface area contributed by atoms with Crippen LogP contribution in [0.1, 0.15) is 66.7 Å². The molecule has 1 unspecified atom stereocenters. The molecule has 1 aliphatic rings. The van der Waals surface area contributed by atoms with Crippen molar-refractivity contribution in [3.05, 3.63) is 11.8 Å². The SMILES string of the molecule is C.CCCCCC(C)C=C1CC[C@@H](C)CN1.Cl. The molecule has 0 spiro atoms. The molecule has 0 aromatic rings. The van der Waals surface area contributed by atoms with Gasteiger partial charge >= 0.3 is 0 Å². The molecule has 1 fully saturated rings. The second kappa shape index (κ2) is 11.0. The highest BCUT2D eigenvalue weighted by molar-refractivity contribution is 5.85. The van der Waals surface area contributed by atoms with E-state index in [2.05, 4.69) is 32.2 Å². The lowest BCUT2D eigenvalue weighted by Crippen LogP contribution is -2.26. The van der Waals surface area contributed by atoms with Crippen LogP contribution in [0.2, 0.25) is 0 Å². The summed E-state index contributed by atoms with van der Waals surface area (Å²) < 4.78 is 0. The fourth-order valence-corrected chi connectivity index (χ4v) is 2.18.